The number of methoxy groups -OCH3 is 1. The highest BCUT2D eigenvalue weighted by atomic mass is 35.5. The highest BCUT2D eigenvalue weighted by Gasteiger charge is 2.35. The lowest BCUT2D eigenvalue weighted by Gasteiger charge is -2.29. The van der Waals surface area contributed by atoms with Crippen LogP contribution in [0.2, 0.25) is 15.1 Å². The highest BCUT2D eigenvalue weighted by molar-refractivity contribution is 7.80. The fraction of sp³-hybridized carbons (Fsp3) is 0.0769. The molecule has 0 aromatic heterocycles. The maximum atomic E-state index is 13.3. The number of carboxylic acids is 1. The molecule has 2 amide bonds. The molecule has 3 aromatic rings. The van der Waals surface area contributed by atoms with Crippen molar-refractivity contribution >= 4 is 81.7 Å². The van der Waals surface area contributed by atoms with E-state index in [4.69, 9.17) is 61.6 Å². The molecule has 1 saturated heterocycles. The van der Waals surface area contributed by atoms with Gasteiger partial charge < -0.3 is 14.6 Å². The Morgan fingerprint density at radius 1 is 1.08 bits per heavy atom. The van der Waals surface area contributed by atoms with Crippen LogP contribution in [0.5, 0.6) is 11.5 Å². The second-order valence-corrected chi connectivity index (χ2v) is 9.43. The zero-order valence-corrected chi connectivity index (χ0v) is 22.5. The predicted molar refractivity (Wildman–Crippen MR) is 148 cm³/mol. The van der Waals surface area contributed by atoms with Gasteiger partial charge in [0, 0.05) is 0 Å². The van der Waals surface area contributed by atoms with E-state index in [1.54, 1.807) is 36.4 Å². The fourth-order valence-electron chi connectivity index (χ4n) is 3.57. The third kappa shape index (κ3) is 5.61. The molecular formula is C26H17Cl3N2O6S. The maximum absolute atomic E-state index is 13.3. The summed E-state index contributed by atoms with van der Waals surface area (Å²) in [4.78, 5) is 38.1. The lowest BCUT2D eigenvalue weighted by molar-refractivity contribution is -0.122. The molecule has 1 aliphatic rings. The molecule has 4 rings (SSSR count). The number of halogens is 3. The van der Waals surface area contributed by atoms with Gasteiger partial charge in [0.05, 0.1) is 33.4 Å². The molecule has 0 aliphatic carbocycles. The molecule has 194 valence electrons. The molecule has 1 heterocycles. The van der Waals surface area contributed by atoms with Gasteiger partial charge in [-0.2, -0.15) is 0 Å². The number of nitrogens with zero attached hydrogens (tertiary/aromatic N) is 1. The number of aromatic carboxylic acids is 1. The maximum Gasteiger partial charge on any atom is 0.335 e. The van der Waals surface area contributed by atoms with Gasteiger partial charge in [-0.25, -0.2) is 4.79 Å². The summed E-state index contributed by atoms with van der Waals surface area (Å²) >= 11 is 24.0. The number of carbonyl (C=O) groups is 3. The number of ether oxygens (including phenoxy) is 2. The summed E-state index contributed by atoms with van der Waals surface area (Å²) in [5.74, 6) is -1.96. The number of nitrogens with one attached hydrogen (secondary N) is 1. The van der Waals surface area contributed by atoms with Gasteiger partial charge in [0.1, 0.15) is 12.2 Å². The Balaban J connectivity index is 1.63. The van der Waals surface area contributed by atoms with Gasteiger partial charge in [0.15, 0.2) is 16.6 Å². The van der Waals surface area contributed by atoms with Crippen molar-refractivity contribution in [1.29, 1.82) is 0 Å². The van der Waals surface area contributed by atoms with E-state index in [0.717, 1.165) is 4.90 Å². The van der Waals surface area contributed by atoms with Crippen LogP contribution in [0.25, 0.3) is 6.08 Å². The van der Waals surface area contributed by atoms with Crippen molar-refractivity contribution in [3.8, 4) is 11.5 Å². The number of rotatable bonds is 7. The lowest BCUT2D eigenvalue weighted by Crippen LogP contribution is -2.54. The molecule has 8 nitrogen and oxygen atoms in total. The number of carbonyl (C=O) groups excluding carboxylic acids is 2. The Hall–Kier alpha value is -3.63. The summed E-state index contributed by atoms with van der Waals surface area (Å²) in [5.41, 5.74) is 1.24. The molecule has 12 heteroatoms. The third-order valence-corrected chi connectivity index (χ3v) is 6.79. The Morgan fingerprint density at radius 3 is 2.45 bits per heavy atom. The van der Waals surface area contributed by atoms with E-state index in [2.05, 4.69) is 5.32 Å². The van der Waals surface area contributed by atoms with Crippen molar-refractivity contribution in [2.45, 2.75) is 6.61 Å². The van der Waals surface area contributed by atoms with Crippen molar-refractivity contribution < 1.29 is 29.0 Å². The molecule has 2 N–H and O–H groups in total. The fourth-order valence-corrected chi connectivity index (χ4v) is 4.50. The zero-order chi connectivity index (χ0) is 27.6. The van der Waals surface area contributed by atoms with Gasteiger partial charge in [-0.3, -0.25) is 19.8 Å². The van der Waals surface area contributed by atoms with Gasteiger partial charge >= 0.3 is 5.97 Å². The van der Waals surface area contributed by atoms with Crippen LogP contribution in [0, 0.1) is 0 Å². The quantitative estimate of drug-likeness (QED) is 0.204. The van der Waals surface area contributed by atoms with E-state index >= 15 is 0 Å². The van der Waals surface area contributed by atoms with Gasteiger partial charge in [-0.15, -0.1) is 0 Å². The number of hydrogen-bond acceptors (Lipinski definition) is 6. The van der Waals surface area contributed by atoms with Crippen LogP contribution in [0.15, 0.2) is 60.2 Å². The molecular weight excluding hydrogens is 575 g/mol. The summed E-state index contributed by atoms with van der Waals surface area (Å²) in [6, 6.07) is 13.9. The van der Waals surface area contributed by atoms with E-state index in [9.17, 15) is 14.4 Å². The van der Waals surface area contributed by atoms with E-state index < -0.39 is 17.8 Å². The topological polar surface area (TPSA) is 105 Å². The molecule has 0 spiro atoms. The zero-order valence-electron chi connectivity index (χ0n) is 19.5. The van der Waals surface area contributed by atoms with Gasteiger partial charge in [-0.1, -0.05) is 53.0 Å². The molecule has 0 radical (unpaired) electrons. The smallest absolute Gasteiger partial charge is 0.335 e. The van der Waals surface area contributed by atoms with Crippen LogP contribution >= 0.6 is 47.0 Å². The van der Waals surface area contributed by atoms with Crippen LogP contribution in [-0.4, -0.2) is 35.1 Å². The number of hydrogen-bond donors (Lipinski definition) is 2. The Morgan fingerprint density at radius 2 is 1.79 bits per heavy atom. The lowest BCUT2D eigenvalue weighted by atomic mass is 10.1. The predicted octanol–water partition coefficient (Wildman–Crippen LogP) is 5.76. The second-order valence-electron chi connectivity index (χ2n) is 7.86. The van der Waals surface area contributed by atoms with Crippen LogP contribution in [0.3, 0.4) is 0 Å². The minimum Gasteiger partial charge on any atom is -0.493 e. The van der Waals surface area contributed by atoms with Gasteiger partial charge in [0.2, 0.25) is 0 Å². The summed E-state index contributed by atoms with van der Waals surface area (Å²) in [6.07, 6.45) is 1.34. The monoisotopic (exact) mass is 590 g/mol. The third-order valence-electron chi connectivity index (χ3n) is 5.42. The first-order valence-corrected chi connectivity index (χ1v) is 12.3. The minimum absolute atomic E-state index is 0.0874. The molecule has 0 atom stereocenters. The molecule has 0 bridgehead atoms. The summed E-state index contributed by atoms with van der Waals surface area (Å²) < 4.78 is 11.2. The summed E-state index contributed by atoms with van der Waals surface area (Å²) in [5, 5.41) is 11.9. The van der Waals surface area contributed by atoms with E-state index in [0.29, 0.717) is 11.1 Å². The van der Waals surface area contributed by atoms with E-state index in [1.807, 2.05) is 0 Å². The average molecular weight is 592 g/mol. The SMILES string of the molecule is COc1cc(/C=C2\C(=O)NC(=S)N(c3cccc(Cl)c3Cl)C2=O)cc(Cl)c1OCc1ccc(C(=O)O)cc1. The molecule has 1 aliphatic heterocycles. The first-order chi connectivity index (χ1) is 18.1. The van der Waals surface area contributed by atoms with Crippen molar-refractivity contribution in [2.24, 2.45) is 0 Å². The Labute approximate surface area is 237 Å². The Kier molecular flexibility index (Phi) is 8.23. The first kappa shape index (κ1) is 27.4. The normalized spacial score (nSPS) is 14.5. The largest absolute Gasteiger partial charge is 0.493 e. The van der Waals surface area contributed by atoms with Crippen molar-refractivity contribution in [1.82, 2.24) is 5.32 Å². The number of anilines is 1. The number of thiocarbonyl (C=S) groups is 1. The number of benzene rings is 3. The van der Waals surface area contributed by atoms with Crippen molar-refractivity contribution in [3.63, 3.8) is 0 Å². The molecule has 1 fully saturated rings. The standard InChI is InChI=1S/C26H17Cl3N2O6S/c1-36-20-11-14(10-18(28)22(20)37-12-13-5-7-15(8-6-13)25(34)35)9-16-23(32)30-26(38)31(24(16)33)19-4-2-3-17(27)21(19)29/h2-11H,12H2,1H3,(H,34,35)(H,30,32,38)/b16-9+. The summed E-state index contributed by atoms with van der Waals surface area (Å²) in [6.45, 7) is 0.0874. The van der Waals surface area contributed by atoms with Gasteiger partial charge in [0.25, 0.3) is 11.8 Å². The van der Waals surface area contributed by atoms with Crippen molar-refractivity contribution in [2.75, 3.05) is 12.0 Å². The number of amides is 2. The molecule has 38 heavy (non-hydrogen) atoms. The van der Waals surface area contributed by atoms with Crippen LogP contribution in [0.1, 0.15) is 21.5 Å². The second kappa shape index (κ2) is 11.4. The highest BCUT2D eigenvalue weighted by Crippen LogP contribution is 2.38. The van der Waals surface area contributed by atoms with E-state index in [1.165, 1.54) is 31.4 Å². The molecule has 0 saturated carbocycles. The number of carboxylic acid groups (broad SMARTS) is 1. The molecule has 0 unspecified atom stereocenters. The summed E-state index contributed by atoms with van der Waals surface area (Å²) in [7, 11) is 1.41. The van der Waals surface area contributed by atoms with Crippen molar-refractivity contribution in [3.05, 3.63) is 91.9 Å². The average Bonchev–Trinajstić information content (AvgIpc) is 2.88. The van der Waals surface area contributed by atoms with Crippen LogP contribution < -0.4 is 19.7 Å². The van der Waals surface area contributed by atoms with Crippen LogP contribution in [0.4, 0.5) is 5.69 Å². The van der Waals surface area contributed by atoms with Crippen LogP contribution in [-0.2, 0) is 16.2 Å². The van der Waals surface area contributed by atoms with Gasteiger partial charge in [-0.05, 0) is 65.8 Å². The minimum atomic E-state index is -1.03. The molecule has 3 aromatic carbocycles. The first-order valence-electron chi connectivity index (χ1n) is 10.8. The van der Waals surface area contributed by atoms with E-state index in [-0.39, 0.29) is 55.1 Å². The Bertz CT molecular complexity index is 1510.